The van der Waals surface area contributed by atoms with Gasteiger partial charge in [-0.2, -0.15) is 0 Å². The van der Waals surface area contributed by atoms with Gasteiger partial charge in [-0.25, -0.2) is 4.79 Å². The van der Waals surface area contributed by atoms with Gasteiger partial charge in [0.2, 0.25) is 0 Å². The smallest absolute Gasteiger partial charge is 0.406 e. The molecule has 0 saturated heterocycles. The molecule has 0 spiro atoms. The van der Waals surface area contributed by atoms with Crippen molar-refractivity contribution in [2.75, 3.05) is 27.4 Å². The van der Waals surface area contributed by atoms with Gasteiger partial charge in [0.1, 0.15) is 0 Å². The maximum absolute atomic E-state index is 10.5. The summed E-state index contributed by atoms with van der Waals surface area (Å²) in [5, 5.41) is 2.36. The number of rotatable bonds is 5. The molecule has 0 aromatic carbocycles. The Morgan fingerprint density at radius 1 is 1.36 bits per heavy atom. The molecule has 0 saturated carbocycles. The summed E-state index contributed by atoms with van der Waals surface area (Å²) in [5.74, 6) is 0. The Labute approximate surface area is 66.9 Å². The topological polar surface area (TPSA) is 47.6 Å². The van der Waals surface area contributed by atoms with Crippen molar-refractivity contribution in [2.24, 2.45) is 0 Å². The summed E-state index contributed by atoms with van der Waals surface area (Å²) in [6.45, 7) is 1.18. The molecule has 0 aliphatic rings. The molecule has 0 heterocycles. The lowest BCUT2D eigenvalue weighted by atomic mass is 10.3. The Morgan fingerprint density at radius 2 is 2.00 bits per heavy atom. The Kier molecular flexibility index (Phi) is 6.82. The Hall–Kier alpha value is -0.770. The lowest BCUT2D eigenvalue weighted by molar-refractivity contribution is 0.138. The van der Waals surface area contributed by atoms with Crippen LogP contribution in [0.3, 0.4) is 0 Å². The number of hydrogen-bond acceptors (Lipinski definition) is 3. The molecule has 66 valence electrons. The van der Waals surface area contributed by atoms with Crippen molar-refractivity contribution in [1.29, 1.82) is 0 Å². The van der Waals surface area contributed by atoms with Gasteiger partial charge in [0.05, 0.1) is 6.61 Å². The number of carbonyl (C=O) groups excluding carboxylic acids is 1. The molecule has 4 nitrogen and oxygen atoms in total. The number of methoxy groups -OCH3 is 1. The normalized spacial score (nSPS) is 9.27. The summed E-state index contributed by atoms with van der Waals surface area (Å²) in [4.78, 5) is 10.5. The number of hydrogen-bond donors (Lipinski definition) is 1. The van der Waals surface area contributed by atoms with E-state index in [-0.39, 0.29) is 6.09 Å². The van der Waals surface area contributed by atoms with E-state index in [0.717, 1.165) is 19.4 Å². The minimum Gasteiger partial charge on any atom is -0.450 e. The van der Waals surface area contributed by atoms with Gasteiger partial charge in [0, 0.05) is 20.8 Å². The van der Waals surface area contributed by atoms with E-state index >= 15 is 0 Å². The first-order valence-corrected chi connectivity index (χ1v) is 3.64. The van der Waals surface area contributed by atoms with Crippen molar-refractivity contribution in [3.63, 3.8) is 0 Å². The third kappa shape index (κ3) is 7.12. The van der Waals surface area contributed by atoms with E-state index in [1.54, 1.807) is 7.11 Å². The van der Waals surface area contributed by atoms with Crippen LogP contribution in [0.2, 0.25) is 0 Å². The molecule has 0 aromatic rings. The third-order valence-corrected chi connectivity index (χ3v) is 1.18. The molecular weight excluding hydrogens is 146 g/mol. The minimum absolute atomic E-state index is 0.373. The van der Waals surface area contributed by atoms with Crippen molar-refractivity contribution < 1.29 is 14.3 Å². The lowest BCUT2D eigenvalue weighted by Crippen LogP contribution is -2.19. The molecule has 1 amide bonds. The maximum atomic E-state index is 10.5. The molecule has 0 rings (SSSR count). The van der Waals surface area contributed by atoms with Gasteiger partial charge in [-0.05, 0) is 12.8 Å². The summed E-state index contributed by atoms with van der Waals surface area (Å²) in [5.41, 5.74) is 0. The molecular formula is C7H15NO3. The molecule has 0 bridgehead atoms. The Morgan fingerprint density at radius 3 is 2.55 bits per heavy atom. The van der Waals surface area contributed by atoms with Gasteiger partial charge in [-0.15, -0.1) is 0 Å². The summed E-state index contributed by atoms with van der Waals surface area (Å²) >= 11 is 0. The van der Waals surface area contributed by atoms with Gasteiger partial charge >= 0.3 is 6.09 Å². The SMILES string of the molecule is CNC(=O)OCCCCOC. The van der Waals surface area contributed by atoms with Crippen molar-refractivity contribution in [3.8, 4) is 0 Å². The van der Waals surface area contributed by atoms with Gasteiger partial charge in [0.25, 0.3) is 0 Å². The number of nitrogens with one attached hydrogen (secondary N) is 1. The zero-order valence-electron chi connectivity index (χ0n) is 7.05. The summed E-state index contributed by atoms with van der Waals surface area (Å²) in [6.07, 6.45) is 1.40. The number of amides is 1. The van der Waals surface area contributed by atoms with Crippen LogP contribution < -0.4 is 5.32 Å². The highest BCUT2D eigenvalue weighted by atomic mass is 16.5. The third-order valence-electron chi connectivity index (χ3n) is 1.18. The number of carbonyl (C=O) groups is 1. The highest BCUT2D eigenvalue weighted by molar-refractivity contribution is 5.66. The average Bonchev–Trinajstić information content (AvgIpc) is 2.04. The zero-order valence-corrected chi connectivity index (χ0v) is 7.05. The van der Waals surface area contributed by atoms with Crippen LogP contribution in [0.1, 0.15) is 12.8 Å². The summed E-state index contributed by atoms with van der Waals surface area (Å²) < 4.78 is 9.55. The van der Waals surface area contributed by atoms with Crippen LogP contribution in [-0.2, 0) is 9.47 Å². The second-order valence-electron chi connectivity index (χ2n) is 2.09. The molecule has 0 aliphatic heterocycles. The van der Waals surface area contributed by atoms with Crippen LogP contribution in [0.5, 0.6) is 0 Å². The summed E-state index contributed by atoms with van der Waals surface area (Å²) in [6, 6.07) is 0. The molecule has 0 radical (unpaired) electrons. The van der Waals surface area contributed by atoms with Crippen LogP contribution in [-0.4, -0.2) is 33.5 Å². The first kappa shape index (κ1) is 10.2. The fraction of sp³-hybridized carbons (Fsp3) is 0.857. The standard InChI is InChI=1S/C7H15NO3/c1-8-7(9)11-6-4-3-5-10-2/h3-6H2,1-2H3,(H,8,9). The van der Waals surface area contributed by atoms with E-state index in [1.807, 2.05) is 0 Å². The molecule has 1 N–H and O–H groups in total. The fourth-order valence-electron chi connectivity index (χ4n) is 0.585. The molecule has 4 heteroatoms. The zero-order chi connectivity index (χ0) is 8.53. The fourth-order valence-corrected chi connectivity index (χ4v) is 0.585. The van der Waals surface area contributed by atoms with Crippen molar-refractivity contribution in [1.82, 2.24) is 5.32 Å². The van der Waals surface area contributed by atoms with Gasteiger partial charge in [-0.1, -0.05) is 0 Å². The highest BCUT2D eigenvalue weighted by Crippen LogP contribution is 1.90. The van der Waals surface area contributed by atoms with Crippen LogP contribution >= 0.6 is 0 Å². The van der Waals surface area contributed by atoms with Gasteiger partial charge in [0.15, 0.2) is 0 Å². The van der Waals surface area contributed by atoms with E-state index in [1.165, 1.54) is 7.05 Å². The van der Waals surface area contributed by atoms with E-state index in [2.05, 4.69) is 5.32 Å². The monoisotopic (exact) mass is 161 g/mol. The van der Waals surface area contributed by atoms with Crippen LogP contribution in [0.4, 0.5) is 4.79 Å². The largest absolute Gasteiger partial charge is 0.450 e. The molecule has 11 heavy (non-hydrogen) atoms. The molecule has 0 unspecified atom stereocenters. The predicted octanol–water partition coefficient (Wildman–Crippen LogP) is 0.769. The predicted molar refractivity (Wildman–Crippen MR) is 41.5 cm³/mol. The molecule has 0 atom stereocenters. The number of unbranched alkanes of at least 4 members (excludes halogenated alkanes) is 1. The number of alkyl carbamates (subject to hydrolysis) is 1. The van der Waals surface area contributed by atoms with Gasteiger partial charge in [-0.3, -0.25) is 0 Å². The molecule has 0 aromatic heterocycles. The molecule has 0 fully saturated rings. The first-order chi connectivity index (χ1) is 5.31. The first-order valence-electron chi connectivity index (χ1n) is 3.64. The second-order valence-corrected chi connectivity index (χ2v) is 2.09. The lowest BCUT2D eigenvalue weighted by Gasteiger charge is -2.02. The van der Waals surface area contributed by atoms with E-state index in [0.29, 0.717) is 6.61 Å². The van der Waals surface area contributed by atoms with Crippen LogP contribution in [0.25, 0.3) is 0 Å². The van der Waals surface area contributed by atoms with E-state index in [4.69, 9.17) is 9.47 Å². The van der Waals surface area contributed by atoms with Crippen molar-refractivity contribution in [3.05, 3.63) is 0 Å². The van der Waals surface area contributed by atoms with Crippen molar-refractivity contribution in [2.45, 2.75) is 12.8 Å². The Balaban J connectivity index is 2.95. The number of ether oxygens (including phenoxy) is 2. The quantitative estimate of drug-likeness (QED) is 0.606. The maximum Gasteiger partial charge on any atom is 0.406 e. The van der Waals surface area contributed by atoms with E-state index in [9.17, 15) is 4.79 Å². The van der Waals surface area contributed by atoms with Gasteiger partial charge < -0.3 is 14.8 Å². The minimum atomic E-state index is -0.373. The van der Waals surface area contributed by atoms with Crippen LogP contribution in [0.15, 0.2) is 0 Å². The Bertz CT molecular complexity index is 106. The second kappa shape index (κ2) is 7.34. The van der Waals surface area contributed by atoms with Crippen molar-refractivity contribution >= 4 is 6.09 Å². The highest BCUT2D eigenvalue weighted by Gasteiger charge is 1.95. The van der Waals surface area contributed by atoms with E-state index < -0.39 is 0 Å². The molecule has 0 aliphatic carbocycles. The average molecular weight is 161 g/mol. The van der Waals surface area contributed by atoms with Crippen LogP contribution in [0, 0.1) is 0 Å². The summed E-state index contributed by atoms with van der Waals surface area (Å²) in [7, 11) is 3.19.